The number of nitrogens with one attached hydrogen (secondary N) is 1. The molecular formula is C25H28F2N6O2. The number of nitrogens with zero attached hydrogens (tertiary/aromatic N) is 5. The minimum atomic E-state index is -0.654. The van der Waals surface area contributed by atoms with Crippen LogP contribution in [0.1, 0.15) is 26.7 Å². The van der Waals surface area contributed by atoms with Gasteiger partial charge in [0, 0.05) is 24.7 Å². The molecule has 184 valence electrons. The summed E-state index contributed by atoms with van der Waals surface area (Å²) in [6, 6.07) is 6.79. The van der Waals surface area contributed by atoms with E-state index in [-0.39, 0.29) is 29.5 Å². The molecule has 2 aromatic heterocycles. The molecule has 0 bridgehead atoms. The molecule has 10 heteroatoms. The first-order valence-electron chi connectivity index (χ1n) is 11.8. The summed E-state index contributed by atoms with van der Waals surface area (Å²) in [6.07, 6.45) is 4.03. The average molecular weight is 483 g/mol. The summed E-state index contributed by atoms with van der Waals surface area (Å²) < 4.78 is 35.2. The fraction of sp³-hybridized carbons (Fsp3) is 0.400. The number of fused-ring (bicyclic) bond motifs is 1. The summed E-state index contributed by atoms with van der Waals surface area (Å²) in [4.78, 5) is 17.0. The Balaban J connectivity index is 1.39. The second kappa shape index (κ2) is 9.61. The van der Waals surface area contributed by atoms with Crippen LogP contribution in [0.25, 0.3) is 11.3 Å². The summed E-state index contributed by atoms with van der Waals surface area (Å²) >= 11 is 0. The molecule has 0 unspecified atom stereocenters. The van der Waals surface area contributed by atoms with Crippen molar-refractivity contribution in [2.75, 3.05) is 41.4 Å². The van der Waals surface area contributed by atoms with Crippen LogP contribution in [0.3, 0.4) is 0 Å². The van der Waals surface area contributed by atoms with Crippen molar-refractivity contribution in [2.24, 2.45) is 0 Å². The molecule has 2 N–H and O–H groups in total. The van der Waals surface area contributed by atoms with E-state index < -0.39 is 11.6 Å². The number of aliphatic hydroxyl groups is 1. The third-order valence-electron chi connectivity index (χ3n) is 6.37. The van der Waals surface area contributed by atoms with Gasteiger partial charge in [0.1, 0.15) is 18.1 Å². The molecule has 2 aliphatic rings. The van der Waals surface area contributed by atoms with Crippen molar-refractivity contribution in [3.63, 3.8) is 0 Å². The number of benzene rings is 1. The van der Waals surface area contributed by atoms with Crippen LogP contribution in [-0.4, -0.2) is 58.4 Å². The summed E-state index contributed by atoms with van der Waals surface area (Å²) in [5.41, 5.74) is 1.83. The SMILES string of the molecule is CC(C)N1CCOc2c(F)cc(-c3nc(Nc4ccc(N5CCC(O)CC5)cn4)ncc3F)cc21. The maximum atomic E-state index is 14.9. The molecule has 0 spiro atoms. The Morgan fingerprint density at radius 2 is 1.86 bits per heavy atom. The van der Waals surface area contributed by atoms with E-state index in [9.17, 15) is 13.9 Å². The third-order valence-corrected chi connectivity index (χ3v) is 6.37. The number of rotatable bonds is 5. The lowest BCUT2D eigenvalue weighted by atomic mass is 10.1. The Labute approximate surface area is 202 Å². The fourth-order valence-corrected chi connectivity index (χ4v) is 4.49. The zero-order chi connectivity index (χ0) is 24.5. The fourth-order valence-electron chi connectivity index (χ4n) is 4.49. The monoisotopic (exact) mass is 482 g/mol. The van der Waals surface area contributed by atoms with Gasteiger partial charge >= 0.3 is 0 Å². The van der Waals surface area contributed by atoms with Gasteiger partial charge in [0.05, 0.1) is 36.4 Å². The van der Waals surface area contributed by atoms with Crippen LogP contribution in [0.15, 0.2) is 36.7 Å². The lowest BCUT2D eigenvalue weighted by Gasteiger charge is -2.34. The van der Waals surface area contributed by atoms with Gasteiger partial charge in [0.25, 0.3) is 0 Å². The van der Waals surface area contributed by atoms with E-state index >= 15 is 0 Å². The number of aliphatic hydroxyl groups excluding tert-OH is 1. The van der Waals surface area contributed by atoms with Gasteiger partial charge in [-0.3, -0.25) is 0 Å². The van der Waals surface area contributed by atoms with Crippen LogP contribution in [0.2, 0.25) is 0 Å². The van der Waals surface area contributed by atoms with Gasteiger partial charge < -0.3 is 25.0 Å². The number of hydrogen-bond donors (Lipinski definition) is 2. The van der Waals surface area contributed by atoms with E-state index in [1.165, 1.54) is 6.07 Å². The highest BCUT2D eigenvalue weighted by Crippen LogP contribution is 2.39. The van der Waals surface area contributed by atoms with E-state index in [1.54, 1.807) is 18.3 Å². The first kappa shape index (κ1) is 23.2. The highest BCUT2D eigenvalue weighted by atomic mass is 19.1. The van der Waals surface area contributed by atoms with E-state index in [0.717, 1.165) is 37.8 Å². The number of anilines is 4. The van der Waals surface area contributed by atoms with Gasteiger partial charge in [0.2, 0.25) is 5.95 Å². The Morgan fingerprint density at radius 3 is 2.57 bits per heavy atom. The molecule has 4 heterocycles. The maximum Gasteiger partial charge on any atom is 0.229 e. The van der Waals surface area contributed by atoms with Crippen molar-refractivity contribution in [1.29, 1.82) is 0 Å². The molecule has 0 aliphatic carbocycles. The third kappa shape index (κ3) is 4.84. The molecule has 3 aromatic rings. The number of aromatic nitrogens is 3. The van der Waals surface area contributed by atoms with Crippen LogP contribution in [-0.2, 0) is 0 Å². The van der Waals surface area contributed by atoms with Crippen LogP contribution in [0.4, 0.5) is 31.9 Å². The molecule has 8 nitrogen and oxygen atoms in total. The molecule has 2 aliphatic heterocycles. The minimum absolute atomic E-state index is 0.0121. The number of piperidine rings is 1. The van der Waals surface area contributed by atoms with Crippen molar-refractivity contribution in [3.8, 4) is 17.0 Å². The molecule has 0 radical (unpaired) electrons. The lowest BCUT2D eigenvalue weighted by Crippen LogP contribution is -2.38. The average Bonchev–Trinajstić information content (AvgIpc) is 2.86. The molecule has 1 fully saturated rings. The largest absolute Gasteiger partial charge is 0.486 e. The number of pyridine rings is 1. The summed E-state index contributed by atoms with van der Waals surface area (Å²) in [5, 5.41) is 12.7. The van der Waals surface area contributed by atoms with E-state index in [0.29, 0.717) is 30.2 Å². The molecule has 0 atom stereocenters. The van der Waals surface area contributed by atoms with Crippen LogP contribution in [0.5, 0.6) is 5.75 Å². The topological polar surface area (TPSA) is 86.6 Å². The van der Waals surface area contributed by atoms with E-state index in [4.69, 9.17) is 4.74 Å². The van der Waals surface area contributed by atoms with Crippen molar-refractivity contribution >= 4 is 23.1 Å². The molecule has 5 rings (SSSR count). The van der Waals surface area contributed by atoms with Gasteiger partial charge in [-0.2, -0.15) is 0 Å². The van der Waals surface area contributed by atoms with Gasteiger partial charge in [-0.05, 0) is 51.0 Å². The Kier molecular flexibility index (Phi) is 6.38. The maximum absolute atomic E-state index is 14.9. The van der Waals surface area contributed by atoms with E-state index in [2.05, 4.69) is 25.2 Å². The zero-order valence-electron chi connectivity index (χ0n) is 19.7. The lowest BCUT2D eigenvalue weighted by molar-refractivity contribution is 0.145. The first-order chi connectivity index (χ1) is 16.9. The molecular weight excluding hydrogens is 454 g/mol. The van der Waals surface area contributed by atoms with Crippen LogP contribution in [0, 0.1) is 11.6 Å². The van der Waals surface area contributed by atoms with Crippen molar-refractivity contribution in [2.45, 2.75) is 38.8 Å². The summed E-state index contributed by atoms with van der Waals surface area (Å²) in [7, 11) is 0. The smallest absolute Gasteiger partial charge is 0.229 e. The second-order valence-electron chi connectivity index (χ2n) is 9.08. The Morgan fingerprint density at radius 1 is 1.06 bits per heavy atom. The molecule has 1 aromatic carbocycles. The Bertz CT molecular complexity index is 1200. The van der Waals surface area contributed by atoms with Gasteiger partial charge in [-0.15, -0.1) is 0 Å². The highest BCUT2D eigenvalue weighted by Gasteiger charge is 2.26. The van der Waals surface area contributed by atoms with Gasteiger partial charge in [-0.1, -0.05) is 0 Å². The standard InChI is InChI=1S/C25H28F2N6O2/c1-15(2)33-9-10-35-24-19(26)11-16(12-21(24)33)23-20(27)14-29-25(31-23)30-22-4-3-17(13-28-22)32-7-5-18(34)6-8-32/h3-4,11-15,18,34H,5-10H2,1-2H3,(H,28,29,30,31). The highest BCUT2D eigenvalue weighted by molar-refractivity contribution is 5.73. The predicted octanol–water partition coefficient (Wildman–Crippen LogP) is 4.13. The number of ether oxygens (including phenoxy) is 1. The number of hydrogen-bond acceptors (Lipinski definition) is 8. The van der Waals surface area contributed by atoms with Gasteiger partial charge in [-0.25, -0.2) is 23.7 Å². The van der Waals surface area contributed by atoms with Crippen LogP contribution < -0.4 is 19.9 Å². The van der Waals surface area contributed by atoms with Crippen molar-refractivity contribution in [3.05, 3.63) is 48.3 Å². The Hall–Kier alpha value is -3.53. The van der Waals surface area contributed by atoms with Gasteiger partial charge in [0.15, 0.2) is 17.4 Å². The van der Waals surface area contributed by atoms with Crippen LogP contribution >= 0.6 is 0 Å². The second-order valence-corrected chi connectivity index (χ2v) is 9.08. The predicted molar refractivity (Wildman–Crippen MR) is 130 cm³/mol. The molecule has 0 amide bonds. The van der Waals surface area contributed by atoms with Crippen molar-refractivity contribution < 1.29 is 18.6 Å². The van der Waals surface area contributed by atoms with E-state index in [1.807, 2.05) is 24.8 Å². The molecule has 35 heavy (non-hydrogen) atoms. The normalized spacial score (nSPS) is 16.3. The summed E-state index contributed by atoms with van der Waals surface area (Å²) in [6.45, 7) is 6.59. The zero-order valence-corrected chi connectivity index (χ0v) is 19.7. The van der Waals surface area contributed by atoms with Crippen molar-refractivity contribution in [1.82, 2.24) is 15.0 Å². The minimum Gasteiger partial charge on any atom is -0.486 e. The summed E-state index contributed by atoms with van der Waals surface area (Å²) in [5.74, 6) is -0.387. The molecule has 0 saturated carbocycles. The molecule has 1 saturated heterocycles. The quantitative estimate of drug-likeness (QED) is 0.562. The first-order valence-corrected chi connectivity index (χ1v) is 11.8. The number of halogens is 2.